The van der Waals surface area contributed by atoms with Gasteiger partial charge in [-0.3, -0.25) is 14.4 Å². The predicted octanol–water partition coefficient (Wildman–Crippen LogP) is 5.81. The summed E-state index contributed by atoms with van der Waals surface area (Å²) < 4.78 is 1.76. The second-order valence-electron chi connectivity index (χ2n) is 9.44. The lowest BCUT2D eigenvalue weighted by Gasteiger charge is -2.14. The molecule has 0 radical (unpaired) electrons. The summed E-state index contributed by atoms with van der Waals surface area (Å²) in [6, 6.07) is 16.9. The molecule has 2 aromatic heterocycles. The standard InChI is InChI=1S/C28H22ClN3O4.C2H6/c29-24-12-16(6-9-19(24)21-13-22(21)28(35)36)15-3-1-4-18(11-15)32-14-23(27(34)31-17-7-8-17)25(33)20-5-2-10-30-26(20)32;1-2/h1-6,9-12,14,17,21-22H,7-8,13H2,(H,31,34)(H,35,36);1-2H3. The molecule has 2 saturated carbocycles. The number of halogens is 1. The molecule has 2 aliphatic rings. The number of hydrogen-bond acceptors (Lipinski definition) is 4. The molecule has 0 aliphatic heterocycles. The van der Waals surface area contributed by atoms with Crippen molar-refractivity contribution >= 4 is 34.5 Å². The SMILES string of the molecule is CC.O=C(NC1CC1)c1cn(-c2cccc(-c3ccc(C4CC4C(=O)O)c(Cl)c3)c2)c2ncccc2c1=O. The first-order valence-corrected chi connectivity index (χ1v) is 13.2. The summed E-state index contributed by atoms with van der Waals surface area (Å²) in [5.74, 6) is -1.58. The van der Waals surface area contributed by atoms with Crippen LogP contribution in [-0.2, 0) is 4.79 Å². The third-order valence-corrected chi connectivity index (χ3v) is 7.21. The number of amides is 1. The molecule has 0 bridgehead atoms. The van der Waals surface area contributed by atoms with Crippen LogP contribution in [0, 0.1) is 5.92 Å². The Labute approximate surface area is 225 Å². The minimum Gasteiger partial charge on any atom is -0.481 e. The van der Waals surface area contributed by atoms with Gasteiger partial charge in [-0.05, 0) is 72.2 Å². The number of benzene rings is 2. The summed E-state index contributed by atoms with van der Waals surface area (Å²) in [5.41, 5.74) is 3.56. The minimum absolute atomic E-state index is 0.0470. The van der Waals surface area contributed by atoms with Crippen LogP contribution < -0.4 is 10.7 Å². The Bertz CT molecular complexity index is 1610. The molecule has 2 aromatic carbocycles. The quantitative estimate of drug-likeness (QED) is 0.328. The Morgan fingerprint density at radius 1 is 1.05 bits per heavy atom. The van der Waals surface area contributed by atoms with Crippen LogP contribution in [0.15, 0.2) is 71.8 Å². The number of nitrogens with zero attached hydrogens (tertiary/aromatic N) is 2. The van der Waals surface area contributed by atoms with Crippen molar-refractivity contribution in [3.8, 4) is 16.8 Å². The van der Waals surface area contributed by atoms with Gasteiger partial charge in [-0.1, -0.05) is 49.7 Å². The van der Waals surface area contributed by atoms with Crippen molar-refractivity contribution in [3.05, 3.63) is 93.4 Å². The van der Waals surface area contributed by atoms with Crippen molar-refractivity contribution < 1.29 is 14.7 Å². The van der Waals surface area contributed by atoms with E-state index >= 15 is 0 Å². The van der Waals surface area contributed by atoms with Crippen LogP contribution in [0.3, 0.4) is 0 Å². The molecule has 2 unspecified atom stereocenters. The van der Waals surface area contributed by atoms with Gasteiger partial charge >= 0.3 is 5.97 Å². The highest BCUT2D eigenvalue weighted by Gasteiger charge is 2.45. The van der Waals surface area contributed by atoms with Gasteiger partial charge in [0.05, 0.1) is 11.3 Å². The van der Waals surface area contributed by atoms with Crippen molar-refractivity contribution in [2.24, 2.45) is 5.92 Å². The molecule has 2 N–H and O–H groups in total. The van der Waals surface area contributed by atoms with Crippen LogP contribution in [0.25, 0.3) is 27.8 Å². The summed E-state index contributed by atoms with van der Waals surface area (Å²) in [6.07, 6.45) is 5.63. The first-order valence-electron chi connectivity index (χ1n) is 12.8. The predicted molar refractivity (Wildman–Crippen MR) is 148 cm³/mol. The molecule has 7 nitrogen and oxygen atoms in total. The van der Waals surface area contributed by atoms with E-state index in [4.69, 9.17) is 11.6 Å². The van der Waals surface area contributed by atoms with Gasteiger partial charge in [0, 0.05) is 29.1 Å². The van der Waals surface area contributed by atoms with Gasteiger partial charge < -0.3 is 15.0 Å². The van der Waals surface area contributed by atoms with E-state index in [1.54, 1.807) is 29.1 Å². The fraction of sp³-hybridized carbons (Fsp3) is 0.267. The number of carboxylic acids is 1. The van der Waals surface area contributed by atoms with E-state index in [0.29, 0.717) is 22.5 Å². The molecule has 1 amide bonds. The maximum Gasteiger partial charge on any atom is 0.307 e. The van der Waals surface area contributed by atoms with Gasteiger partial charge in [-0.25, -0.2) is 4.98 Å². The number of aliphatic carboxylic acids is 1. The fourth-order valence-corrected chi connectivity index (χ4v) is 4.98. The van der Waals surface area contributed by atoms with Gasteiger partial charge in [-0.15, -0.1) is 0 Å². The summed E-state index contributed by atoms with van der Waals surface area (Å²) in [7, 11) is 0. The van der Waals surface area contributed by atoms with E-state index in [-0.39, 0.29) is 34.8 Å². The lowest BCUT2D eigenvalue weighted by molar-refractivity contribution is -0.138. The normalized spacial score (nSPS) is 17.9. The van der Waals surface area contributed by atoms with E-state index in [0.717, 1.165) is 35.2 Å². The van der Waals surface area contributed by atoms with Crippen LogP contribution in [0.2, 0.25) is 5.02 Å². The first kappa shape index (κ1) is 25.7. The van der Waals surface area contributed by atoms with E-state index in [2.05, 4.69) is 10.3 Å². The number of fused-ring (bicyclic) bond motifs is 1. The fourth-order valence-electron chi connectivity index (χ4n) is 4.66. The van der Waals surface area contributed by atoms with Gasteiger partial charge in [0.25, 0.3) is 5.91 Å². The smallest absolute Gasteiger partial charge is 0.307 e. The first-order chi connectivity index (χ1) is 18.4. The van der Waals surface area contributed by atoms with Gasteiger partial charge in [-0.2, -0.15) is 0 Å². The highest BCUT2D eigenvalue weighted by molar-refractivity contribution is 6.31. The lowest BCUT2D eigenvalue weighted by atomic mass is 10.0. The van der Waals surface area contributed by atoms with Crippen LogP contribution in [0.5, 0.6) is 0 Å². The summed E-state index contributed by atoms with van der Waals surface area (Å²) in [5, 5.41) is 13.1. The summed E-state index contributed by atoms with van der Waals surface area (Å²) >= 11 is 6.55. The molecule has 4 aromatic rings. The zero-order chi connectivity index (χ0) is 27.0. The molecule has 0 spiro atoms. The molecule has 2 heterocycles. The Kier molecular flexibility index (Phi) is 7.04. The molecular formula is C30H28ClN3O4. The molecule has 6 rings (SSSR count). The van der Waals surface area contributed by atoms with Crippen molar-refractivity contribution in [2.75, 3.05) is 0 Å². The Balaban J connectivity index is 0.00000144. The number of nitrogens with one attached hydrogen (secondary N) is 1. The number of carbonyl (C=O) groups excluding carboxylic acids is 1. The molecule has 194 valence electrons. The average molecular weight is 530 g/mol. The number of aromatic nitrogens is 2. The molecule has 8 heteroatoms. The highest BCUT2D eigenvalue weighted by Crippen LogP contribution is 2.50. The monoisotopic (exact) mass is 529 g/mol. The molecule has 2 aliphatic carbocycles. The largest absolute Gasteiger partial charge is 0.481 e. The topological polar surface area (TPSA) is 101 Å². The van der Waals surface area contributed by atoms with Crippen LogP contribution in [0.1, 0.15) is 54.9 Å². The number of rotatable bonds is 6. The third kappa shape index (κ3) is 4.94. The maximum atomic E-state index is 13.1. The van der Waals surface area contributed by atoms with Crippen LogP contribution >= 0.6 is 11.6 Å². The van der Waals surface area contributed by atoms with Crippen LogP contribution in [0.4, 0.5) is 0 Å². The number of hydrogen-bond donors (Lipinski definition) is 2. The Hall–Kier alpha value is -3.97. The number of carbonyl (C=O) groups is 2. The highest BCUT2D eigenvalue weighted by atomic mass is 35.5. The van der Waals surface area contributed by atoms with Crippen LogP contribution in [-0.4, -0.2) is 32.6 Å². The molecular weight excluding hydrogens is 502 g/mol. The third-order valence-electron chi connectivity index (χ3n) is 6.88. The average Bonchev–Trinajstić information content (AvgIpc) is 3.86. The molecule has 38 heavy (non-hydrogen) atoms. The summed E-state index contributed by atoms with van der Waals surface area (Å²) in [6.45, 7) is 4.00. The zero-order valence-corrected chi connectivity index (χ0v) is 21.9. The van der Waals surface area contributed by atoms with Gasteiger partial charge in [0.15, 0.2) is 0 Å². The number of carboxylic acid groups (broad SMARTS) is 1. The van der Waals surface area contributed by atoms with E-state index < -0.39 is 5.97 Å². The van der Waals surface area contributed by atoms with Gasteiger partial charge in [0.1, 0.15) is 11.2 Å². The maximum absolute atomic E-state index is 13.1. The second kappa shape index (κ2) is 10.4. The Morgan fingerprint density at radius 3 is 2.50 bits per heavy atom. The van der Waals surface area contributed by atoms with E-state index in [1.807, 2.05) is 56.3 Å². The molecule has 2 atom stereocenters. The minimum atomic E-state index is -0.792. The molecule has 2 fully saturated rings. The van der Waals surface area contributed by atoms with Crippen molar-refractivity contribution in [1.82, 2.24) is 14.9 Å². The second-order valence-corrected chi connectivity index (χ2v) is 9.84. The van der Waals surface area contributed by atoms with E-state index in [9.17, 15) is 19.5 Å². The summed E-state index contributed by atoms with van der Waals surface area (Å²) in [4.78, 5) is 41.6. The Morgan fingerprint density at radius 2 is 1.82 bits per heavy atom. The lowest BCUT2D eigenvalue weighted by Crippen LogP contribution is -2.31. The number of pyridine rings is 2. The van der Waals surface area contributed by atoms with Crippen molar-refractivity contribution in [2.45, 2.75) is 45.1 Å². The van der Waals surface area contributed by atoms with Crippen molar-refractivity contribution in [3.63, 3.8) is 0 Å². The zero-order valence-electron chi connectivity index (χ0n) is 21.1. The van der Waals surface area contributed by atoms with E-state index in [1.165, 1.54) is 0 Å². The van der Waals surface area contributed by atoms with Gasteiger partial charge in [0.2, 0.25) is 5.43 Å². The molecule has 0 saturated heterocycles. The van der Waals surface area contributed by atoms with Crippen molar-refractivity contribution in [1.29, 1.82) is 0 Å².